The van der Waals surface area contributed by atoms with Crippen LogP contribution in [0.1, 0.15) is 44.6 Å². The summed E-state index contributed by atoms with van der Waals surface area (Å²) in [7, 11) is 0. The number of para-hydroxylation sites is 2. The SMILES string of the molecule is CCCCCCC(C(=O)O)(c1ccccc1-c1nn[nH]n1)N1CNc2ccccc21. The van der Waals surface area contributed by atoms with Crippen molar-refractivity contribution in [2.45, 2.75) is 44.6 Å². The number of tetrazole rings is 1. The zero-order valence-corrected chi connectivity index (χ0v) is 17.0. The monoisotopic (exact) mass is 406 g/mol. The molecule has 0 saturated carbocycles. The van der Waals surface area contributed by atoms with E-state index in [2.05, 4.69) is 32.9 Å². The Balaban J connectivity index is 1.88. The highest BCUT2D eigenvalue weighted by atomic mass is 16.4. The van der Waals surface area contributed by atoms with Crippen molar-refractivity contribution in [3.05, 3.63) is 54.1 Å². The fourth-order valence-electron chi connectivity index (χ4n) is 4.32. The van der Waals surface area contributed by atoms with E-state index in [0.717, 1.165) is 37.1 Å². The van der Waals surface area contributed by atoms with Gasteiger partial charge < -0.3 is 15.3 Å². The van der Waals surface area contributed by atoms with E-state index in [9.17, 15) is 9.90 Å². The van der Waals surface area contributed by atoms with Crippen LogP contribution in [0.2, 0.25) is 0 Å². The fourth-order valence-corrected chi connectivity index (χ4v) is 4.32. The summed E-state index contributed by atoms with van der Waals surface area (Å²) >= 11 is 0. The van der Waals surface area contributed by atoms with Gasteiger partial charge in [-0.3, -0.25) is 0 Å². The molecular formula is C22H26N6O2. The van der Waals surface area contributed by atoms with Crippen molar-refractivity contribution in [1.82, 2.24) is 20.6 Å². The lowest BCUT2D eigenvalue weighted by molar-refractivity contribution is -0.144. The van der Waals surface area contributed by atoms with Crippen LogP contribution in [-0.4, -0.2) is 38.4 Å². The van der Waals surface area contributed by atoms with Gasteiger partial charge in [0.2, 0.25) is 5.82 Å². The number of unbranched alkanes of at least 4 members (excludes halogenated alkanes) is 3. The highest BCUT2D eigenvalue weighted by molar-refractivity contribution is 5.91. The maximum Gasteiger partial charge on any atom is 0.334 e. The second-order valence-electron chi connectivity index (χ2n) is 7.54. The number of aromatic nitrogens is 4. The summed E-state index contributed by atoms with van der Waals surface area (Å²) < 4.78 is 0. The number of carbonyl (C=O) groups is 1. The Morgan fingerprint density at radius 1 is 1.13 bits per heavy atom. The molecule has 1 aliphatic rings. The summed E-state index contributed by atoms with van der Waals surface area (Å²) in [5, 5.41) is 28.5. The first kappa shape index (κ1) is 19.9. The van der Waals surface area contributed by atoms with Crippen LogP contribution in [-0.2, 0) is 10.3 Å². The number of hydrogen-bond acceptors (Lipinski definition) is 6. The van der Waals surface area contributed by atoms with Gasteiger partial charge in [0, 0.05) is 11.1 Å². The zero-order valence-electron chi connectivity index (χ0n) is 17.0. The Hall–Kier alpha value is -3.42. The molecule has 1 unspecified atom stereocenters. The summed E-state index contributed by atoms with van der Waals surface area (Å²) in [5.41, 5.74) is 1.92. The second-order valence-corrected chi connectivity index (χ2v) is 7.54. The van der Waals surface area contributed by atoms with Gasteiger partial charge in [-0.1, -0.05) is 69.0 Å². The quantitative estimate of drug-likeness (QED) is 0.461. The number of fused-ring (bicyclic) bond motifs is 1. The summed E-state index contributed by atoms with van der Waals surface area (Å²) in [6.45, 7) is 2.57. The molecule has 3 aromatic rings. The standard InChI is InChI=1S/C22H26N6O2/c1-2-3-4-9-14-22(21(29)30,28-15-23-18-12-7-8-13-19(18)28)17-11-6-5-10-16(17)20-24-26-27-25-20/h5-8,10-13,23H,2-4,9,14-15H2,1H3,(H,29,30)(H,24,25,26,27). The highest BCUT2D eigenvalue weighted by Crippen LogP contribution is 2.46. The number of anilines is 2. The minimum Gasteiger partial charge on any atom is -0.479 e. The van der Waals surface area contributed by atoms with E-state index in [-0.39, 0.29) is 0 Å². The van der Waals surface area contributed by atoms with E-state index in [1.54, 1.807) is 0 Å². The molecular weight excluding hydrogens is 380 g/mol. The summed E-state index contributed by atoms with van der Waals surface area (Å²) in [5.74, 6) is -0.487. The molecule has 0 radical (unpaired) electrons. The number of rotatable bonds is 9. The van der Waals surface area contributed by atoms with E-state index in [1.807, 2.05) is 53.4 Å². The third-order valence-electron chi connectivity index (χ3n) is 5.79. The van der Waals surface area contributed by atoms with E-state index < -0.39 is 11.5 Å². The van der Waals surface area contributed by atoms with Crippen molar-refractivity contribution >= 4 is 17.3 Å². The molecule has 0 bridgehead atoms. The smallest absolute Gasteiger partial charge is 0.334 e. The molecule has 0 amide bonds. The van der Waals surface area contributed by atoms with Crippen LogP contribution >= 0.6 is 0 Å². The second kappa shape index (κ2) is 8.52. The van der Waals surface area contributed by atoms with Gasteiger partial charge in [-0.05, 0) is 23.8 Å². The van der Waals surface area contributed by atoms with E-state index >= 15 is 0 Å². The first-order chi connectivity index (χ1) is 14.7. The maximum absolute atomic E-state index is 13.1. The van der Waals surface area contributed by atoms with Crippen LogP contribution in [0.15, 0.2) is 48.5 Å². The number of nitrogens with zero attached hydrogens (tertiary/aromatic N) is 4. The third-order valence-corrected chi connectivity index (χ3v) is 5.79. The largest absolute Gasteiger partial charge is 0.479 e. The molecule has 0 aliphatic carbocycles. The third kappa shape index (κ3) is 3.38. The first-order valence-corrected chi connectivity index (χ1v) is 10.4. The van der Waals surface area contributed by atoms with Crippen molar-refractivity contribution in [2.75, 3.05) is 16.9 Å². The van der Waals surface area contributed by atoms with Gasteiger partial charge in [0.15, 0.2) is 5.54 Å². The number of hydrogen-bond donors (Lipinski definition) is 3. The summed E-state index contributed by atoms with van der Waals surface area (Å²) in [4.78, 5) is 15.0. The molecule has 3 N–H and O–H groups in total. The summed E-state index contributed by atoms with van der Waals surface area (Å²) in [6.07, 6.45) is 4.44. The first-order valence-electron chi connectivity index (χ1n) is 10.4. The van der Waals surface area contributed by atoms with Crippen molar-refractivity contribution in [1.29, 1.82) is 0 Å². The minimum absolute atomic E-state index is 0.394. The van der Waals surface area contributed by atoms with Crippen molar-refractivity contribution in [2.24, 2.45) is 0 Å². The molecule has 8 nitrogen and oxygen atoms in total. The topological polar surface area (TPSA) is 107 Å². The normalized spacial score (nSPS) is 14.8. The van der Waals surface area contributed by atoms with Crippen LogP contribution < -0.4 is 10.2 Å². The number of carboxylic acid groups (broad SMARTS) is 1. The number of aromatic amines is 1. The highest BCUT2D eigenvalue weighted by Gasteiger charge is 2.49. The van der Waals surface area contributed by atoms with Crippen LogP contribution in [0, 0.1) is 0 Å². The lowest BCUT2D eigenvalue weighted by Gasteiger charge is -2.41. The van der Waals surface area contributed by atoms with Crippen molar-refractivity contribution in [3.63, 3.8) is 0 Å². The predicted molar refractivity (Wildman–Crippen MR) is 115 cm³/mol. The molecule has 156 valence electrons. The molecule has 1 aliphatic heterocycles. The van der Waals surface area contributed by atoms with Gasteiger partial charge in [-0.15, -0.1) is 10.2 Å². The molecule has 2 heterocycles. The number of benzene rings is 2. The van der Waals surface area contributed by atoms with Crippen molar-refractivity contribution in [3.8, 4) is 11.4 Å². The molecule has 1 aromatic heterocycles. The number of nitrogens with one attached hydrogen (secondary N) is 2. The molecule has 4 rings (SSSR count). The van der Waals surface area contributed by atoms with Crippen LogP contribution in [0.3, 0.4) is 0 Å². The molecule has 2 aromatic carbocycles. The number of carboxylic acids is 1. The van der Waals surface area contributed by atoms with Gasteiger partial charge >= 0.3 is 5.97 Å². The Morgan fingerprint density at radius 2 is 1.93 bits per heavy atom. The Morgan fingerprint density at radius 3 is 2.70 bits per heavy atom. The lowest BCUT2D eigenvalue weighted by Crippen LogP contribution is -2.52. The van der Waals surface area contributed by atoms with Crippen molar-refractivity contribution < 1.29 is 9.90 Å². The van der Waals surface area contributed by atoms with Crippen LogP contribution in [0.4, 0.5) is 11.4 Å². The van der Waals surface area contributed by atoms with E-state index in [0.29, 0.717) is 30.0 Å². The Kier molecular flexibility index (Phi) is 5.65. The predicted octanol–water partition coefficient (Wildman–Crippen LogP) is 4.01. The maximum atomic E-state index is 13.1. The Labute approximate surface area is 175 Å². The van der Waals surface area contributed by atoms with Crippen LogP contribution in [0.25, 0.3) is 11.4 Å². The summed E-state index contributed by atoms with van der Waals surface area (Å²) in [6, 6.07) is 15.3. The molecule has 30 heavy (non-hydrogen) atoms. The average molecular weight is 406 g/mol. The molecule has 0 spiro atoms. The molecule has 0 saturated heterocycles. The van der Waals surface area contributed by atoms with E-state index in [1.165, 1.54) is 0 Å². The number of aliphatic carboxylic acids is 1. The van der Waals surface area contributed by atoms with Gasteiger partial charge in [0.25, 0.3) is 0 Å². The van der Waals surface area contributed by atoms with Gasteiger partial charge in [-0.25, -0.2) is 4.79 Å². The molecule has 1 atom stereocenters. The van der Waals surface area contributed by atoms with Gasteiger partial charge in [-0.2, -0.15) is 5.21 Å². The fraction of sp³-hybridized carbons (Fsp3) is 0.364. The van der Waals surface area contributed by atoms with Gasteiger partial charge in [0.1, 0.15) is 0 Å². The lowest BCUT2D eigenvalue weighted by atomic mass is 9.80. The molecule has 8 heteroatoms. The minimum atomic E-state index is -1.26. The average Bonchev–Trinajstić information content (AvgIpc) is 3.45. The van der Waals surface area contributed by atoms with Gasteiger partial charge in [0.05, 0.1) is 18.0 Å². The number of H-pyrrole nitrogens is 1. The zero-order chi connectivity index (χ0) is 21.0. The molecule has 0 fully saturated rings. The Bertz CT molecular complexity index is 1010. The van der Waals surface area contributed by atoms with E-state index in [4.69, 9.17) is 0 Å². The van der Waals surface area contributed by atoms with Crippen LogP contribution in [0.5, 0.6) is 0 Å².